The van der Waals surface area contributed by atoms with E-state index in [1.807, 2.05) is 54.2 Å². The predicted molar refractivity (Wildman–Crippen MR) is 95.9 cm³/mol. The minimum atomic E-state index is 0.191. The van der Waals surface area contributed by atoms with Gasteiger partial charge in [-0.2, -0.15) is 0 Å². The molecular weight excluding hydrogens is 314 g/mol. The van der Waals surface area contributed by atoms with Crippen LogP contribution in [-0.4, -0.2) is 57.3 Å². The molecule has 2 aromatic heterocycles. The molecule has 1 amide bonds. The highest BCUT2D eigenvalue weighted by Crippen LogP contribution is 2.26. The van der Waals surface area contributed by atoms with Gasteiger partial charge in [-0.25, -0.2) is 9.97 Å². The maximum absolute atomic E-state index is 12.5. The van der Waals surface area contributed by atoms with Gasteiger partial charge in [-0.1, -0.05) is 6.07 Å². The summed E-state index contributed by atoms with van der Waals surface area (Å²) in [7, 11) is 1.96. The molecule has 0 bridgehead atoms. The number of carbonyl (C=O) groups excluding carboxylic acids is 1. The number of nitrogens with zero attached hydrogens (tertiary/aromatic N) is 5. The molecule has 0 aliphatic carbocycles. The van der Waals surface area contributed by atoms with Crippen LogP contribution in [0.4, 0.5) is 0 Å². The van der Waals surface area contributed by atoms with E-state index in [1.165, 1.54) is 0 Å². The smallest absolute Gasteiger partial charge is 0.236 e. The Morgan fingerprint density at radius 2 is 2.00 bits per heavy atom. The van der Waals surface area contributed by atoms with E-state index in [2.05, 4.69) is 15.0 Å². The summed E-state index contributed by atoms with van der Waals surface area (Å²) in [6, 6.07) is 7.85. The van der Waals surface area contributed by atoms with Crippen molar-refractivity contribution in [3.63, 3.8) is 0 Å². The van der Waals surface area contributed by atoms with E-state index in [1.54, 1.807) is 6.20 Å². The normalized spacial score (nSPS) is 15.6. The van der Waals surface area contributed by atoms with E-state index < -0.39 is 0 Å². The van der Waals surface area contributed by atoms with Crippen LogP contribution < -0.4 is 0 Å². The van der Waals surface area contributed by atoms with E-state index in [0.29, 0.717) is 19.0 Å². The number of hydrogen-bond donors (Lipinski definition) is 0. The number of carbonyl (C=O) groups is 1. The summed E-state index contributed by atoms with van der Waals surface area (Å²) in [5, 5.41) is 0. The second-order valence-electron chi connectivity index (χ2n) is 6.68. The first-order valence-electron chi connectivity index (χ1n) is 8.77. The van der Waals surface area contributed by atoms with Crippen LogP contribution >= 0.6 is 0 Å². The van der Waals surface area contributed by atoms with Gasteiger partial charge in [-0.05, 0) is 45.0 Å². The highest BCUT2D eigenvalue weighted by Gasteiger charge is 2.25. The molecule has 0 unspecified atom stereocenters. The van der Waals surface area contributed by atoms with Crippen molar-refractivity contribution in [2.75, 3.05) is 26.7 Å². The maximum Gasteiger partial charge on any atom is 0.236 e. The average molecular weight is 339 g/mol. The van der Waals surface area contributed by atoms with Gasteiger partial charge in [0.15, 0.2) is 0 Å². The standard InChI is InChI=1S/C19H25N5O/c1-15-20-10-6-18(22-15)16-7-11-24(12-8-16)19(25)14-23(2)13-17-5-3-4-9-21-17/h3-6,9-10,16H,7-8,11-14H2,1-2H3. The summed E-state index contributed by atoms with van der Waals surface area (Å²) in [5.74, 6) is 1.43. The number of rotatable bonds is 5. The van der Waals surface area contributed by atoms with Crippen molar-refractivity contribution in [1.29, 1.82) is 0 Å². The first-order valence-corrected chi connectivity index (χ1v) is 8.77. The third-order valence-corrected chi connectivity index (χ3v) is 4.63. The molecule has 6 nitrogen and oxygen atoms in total. The number of likely N-dealkylation sites (tertiary alicyclic amines) is 1. The zero-order chi connectivity index (χ0) is 17.6. The minimum absolute atomic E-state index is 0.191. The zero-order valence-corrected chi connectivity index (χ0v) is 14.9. The van der Waals surface area contributed by atoms with Gasteiger partial charge >= 0.3 is 0 Å². The van der Waals surface area contributed by atoms with Crippen molar-refractivity contribution in [3.05, 3.63) is 53.9 Å². The lowest BCUT2D eigenvalue weighted by Crippen LogP contribution is -2.43. The molecule has 25 heavy (non-hydrogen) atoms. The fourth-order valence-corrected chi connectivity index (χ4v) is 3.28. The molecule has 0 spiro atoms. The number of hydrogen-bond acceptors (Lipinski definition) is 5. The van der Waals surface area contributed by atoms with Crippen LogP contribution in [0.2, 0.25) is 0 Å². The Labute approximate surface area is 148 Å². The van der Waals surface area contributed by atoms with Crippen molar-refractivity contribution in [2.24, 2.45) is 0 Å². The lowest BCUT2D eigenvalue weighted by Gasteiger charge is -2.32. The quantitative estimate of drug-likeness (QED) is 0.834. The largest absolute Gasteiger partial charge is 0.342 e. The maximum atomic E-state index is 12.5. The molecule has 1 saturated heterocycles. The molecule has 0 radical (unpaired) electrons. The summed E-state index contributed by atoms with van der Waals surface area (Å²) < 4.78 is 0. The van der Waals surface area contributed by atoms with Gasteiger partial charge in [0.1, 0.15) is 5.82 Å². The molecule has 1 aliphatic rings. The molecule has 132 valence electrons. The molecule has 1 aliphatic heterocycles. The fourth-order valence-electron chi connectivity index (χ4n) is 3.28. The molecule has 0 saturated carbocycles. The van der Waals surface area contributed by atoms with Crippen molar-refractivity contribution in [3.8, 4) is 0 Å². The van der Waals surface area contributed by atoms with Crippen LogP contribution in [0.1, 0.15) is 36.0 Å². The molecule has 0 aromatic carbocycles. The predicted octanol–water partition coefficient (Wildman–Crippen LogP) is 2.02. The van der Waals surface area contributed by atoms with Crippen LogP contribution in [0.25, 0.3) is 0 Å². The topological polar surface area (TPSA) is 62.2 Å². The molecule has 0 atom stereocenters. The van der Waals surface area contributed by atoms with E-state index >= 15 is 0 Å². The number of aryl methyl sites for hydroxylation is 1. The second kappa shape index (κ2) is 8.16. The number of likely N-dealkylation sites (N-methyl/N-ethyl adjacent to an activating group) is 1. The van der Waals surface area contributed by atoms with Crippen LogP contribution in [0.5, 0.6) is 0 Å². The van der Waals surface area contributed by atoms with Gasteiger partial charge in [0.25, 0.3) is 0 Å². The molecule has 3 rings (SSSR count). The van der Waals surface area contributed by atoms with Crippen LogP contribution in [0.15, 0.2) is 36.7 Å². The van der Waals surface area contributed by atoms with Gasteiger partial charge in [-0.3, -0.25) is 14.7 Å². The number of aromatic nitrogens is 3. The first-order chi connectivity index (χ1) is 12.1. The Bertz CT molecular complexity index is 698. The minimum Gasteiger partial charge on any atom is -0.342 e. The number of amides is 1. The lowest BCUT2D eigenvalue weighted by molar-refractivity contribution is -0.133. The summed E-state index contributed by atoms with van der Waals surface area (Å²) in [4.78, 5) is 29.5. The van der Waals surface area contributed by atoms with Gasteiger partial charge in [-0.15, -0.1) is 0 Å². The molecule has 3 heterocycles. The van der Waals surface area contributed by atoms with Crippen LogP contribution in [0.3, 0.4) is 0 Å². The summed E-state index contributed by atoms with van der Waals surface area (Å²) in [5.41, 5.74) is 2.09. The second-order valence-corrected chi connectivity index (χ2v) is 6.68. The monoisotopic (exact) mass is 339 g/mol. The van der Waals surface area contributed by atoms with Gasteiger partial charge in [0.05, 0.1) is 12.2 Å². The molecule has 0 N–H and O–H groups in total. The Hall–Kier alpha value is -2.34. The summed E-state index contributed by atoms with van der Waals surface area (Å²) >= 11 is 0. The summed E-state index contributed by atoms with van der Waals surface area (Å²) in [6.45, 7) is 4.62. The highest BCUT2D eigenvalue weighted by atomic mass is 16.2. The fraction of sp³-hybridized carbons (Fsp3) is 0.474. The van der Waals surface area contributed by atoms with Gasteiger partial charge < -0.3 is 4.90 Å². The van der Waals surface area contributed by atoms with Crippen LogP contribution in [-0.2, 0) is 11.3 Å². The third-order valence-electron chi connectivity index (χ3n) is 4.63. The van der Waals surface area contributed by atoms with E-state index in [4.69, 9.17) is 0 Å². The zero-order valence-electron chi connectivity index (χ0n) is 14.9. The highest BCUT2D eigenvalue weighted by molar-refractivity contribution is 5.78. The van der Waals surface area contributed by atoms with Gasteiger partial charge in [0.2, 0.25) is 5.91 Å². The number of piperidine rings is 1. The van der Waals surface area contributed by atoms with E-state index in [0.717, 1.165) is 43.1 Å². The van der Waals surface area contributed by atoms with Crippen molar-refractivity contribution in [1.82, 2.24) is 24.8 Å². The molecular formula is C19H25N5O. The van der Waals surface area contributed by atoms with Crippen molar-refractivity contribution >= 4 is 5.91 Å². The summed E-state index contributed by atoms with van der Waals surface area (Å²) in [6.07, 6.45) is 5.53. The first kappa shape index (κ1) is 17.5. The van der Waals surface area contributed by atoms with E-state index in [9.17, 15) is 4.79 Å². The SMILES string of the molecule is Cc1nccc(C2CCN(C(=O)CN(C)Cc3ccccn3)CC2)n1. The third kappa shape index (κ3) is 4.82. The Morgan fingerprint density at radius 3 is 2.68 bits per heavy atom. The Morgan fingerprint density at radius 1 is 1.20 bits per heavy atom. The Kier molecular flexibility index (Phi) is 5.71. The van der Waals surface area contributed by atoms with Crippen molar-refractivity contribution < 1.29 is 4.79 Å². The molecule has 6 heteroatoms. The molecule has 1 fully saturated rings. The van der Waals surface area contributed by atoms with Crippen LogP contribution in [0, 0.1) is 6.92 Å². The molecule has 2 aromatic rings. The number of pyridine rings is 1. The Balaban J connectivity index is 1.48. The van der Waals surface area contributed by atoms with E-state index in [-0.39, 0.29) is 5.91 Å². The average Bonchev–Trinajstić information content (AvgIpc) is 2.62. The lowest BCUT2D eigenvalue weighted by atomic mass is 9.93. The van der Waals surface area contributed by atoms with Gasteiger partial charge in [0, 0.05) is 43.6 Å². The van der Waals surface area contributed by atoms with Crippen molar-refractivity contribution in [2.45, 2.75) is 32.2 Å².